The molecule has 0 radical (unpaired) electrons. The van der Waals surface area contributed by atoms with Crippen LogP contribution in [-0.2, 0) is 4.79 Å². The van der Waals surface area contributed by atoms with Gasteiger partial charge in [-0.2, -0.15) is 0 Å². The Hall–Kier alpha value is -1.95. The van der Waals surface area contributed by atoms with Crippen LogP contribution in [0.1, 0.15) is 46.0 Å². The molecule has 28 heavy (non-hydrogen) atoms. The highest BCUT2D eigenvalue weighted by atomic mass is 35.5. The van der Waals surface area contributed by atoms with Crippen LogP contribution >= 0.6 is 11.6 Å². The van der Waals surface area contributed by atoms with Crippen LogP contribution in [0, 0.1) is 23.2 Å². The van der Waals surface area contributed by atoms with Crippen molar-refractivity contribution < 1.29 is 14.7 Å². The molecule has 0 aliphatic heterocycles. The van der Waals surface area contributed by atoms with Crippen LogP contribution in [0.25, 0.3) is 0 Å². The fourth-order valence-electron chi connectivity index (χ4n) is 5.85. The number of amidine groups is 1. The molecule has 0 spiro atoms. The fraction of sp³-hybridized carbons (Fsp3) is 0.619. The number of ether oxygens (including phenoxy) is 1. The molecule has 5 atom stereocenters. The summed E-state index contributed by atoms with van der Waals surface area (Å²) in [4.78, 5) is 13.0. The summed E-state index contributed by atoms with van der Waals surface area (Å²) in [5.74, 6) is 2.19. The molecule has 4 N–H and O–H groups in total. The van der Waals surface area contributed by atoms with Crippen LogP contribution in [0.5, 0.6) is 5.75 Å². The Morgan fingerprint density at radius 3 is 2.43 bits per heavy atom. The van der Waals surface area contributed by atoms with Gasteiger partial charge in [-0.15, -0.1) is 0 Å². The normalized spacial score (nSPS) is 34.3. The Morgan fingerprint density at radius 1 is 1.25 bits per heavy atom. The van der Waals surface area contributed by atoms with Crippen molar-refractivity contribution in [3.63, 3.8) is 0 Å². The van der Waals surface area contributed by atoms with Crippen LogP contribution in [0.4, 0.5) is 0 Å². The second-order valence-electron chi connectivity index (χ2n) is 9.30. The molecule has 6 nitrogen and oxygen atoms in total. The Labute approximate surface area is 170 Å². The first-order valence-corrected chi connectivity index (χ1v) is 10.3. The lowest BCUT2D eigenvalue weighted by atomic mass is 9.47. The van der Waals surface area contributed by atoms with Crippen molar-refractivity contribution in [2.45, 2.75) is 57.6 Å². The first-order chi connectivity index (χ1) is 13.2. The molecule has 4 aliphatic rings. The number of carbonyl (C=O) groups is 1. The third kappa shape index (κ3) is 3.32. The second kappa shape index (κ2) is 6.83. The number of hydrogen-bond acceptors (Lipinski definition) is 4. The highest BCUT2D eigenvalue weighted by Gasteiger charge is 2.57. The van der Waals surface area contributed by atoms with Crippen LogP contribution in [-0.4, -0.2) is 28.6 Å². The largest absolute Gasteiger partial charge is 0.478 e. The fourth-order valence-corrected chi connectivity index (χ4v) is 5.97. The van der Waals surface area contributed by atoms with Crippen molar-refractivity contribution >= 4 is 23.3 Å². The molecule has 4 bridgehead atoms. The van der Waals surface area contributed by atoms with Crippen LogP contribution in [0.15, 0.2) is 29.4 Å². The number of nitrogens with two attached hydrogens (primary N) is 1. The SMILES string of the molecule is CC(C)(Oc1ccc(Cl)cc1)C(=O)NC1C2CC3C[C@H]1CC(/C(N)=N/O)(C3)C2. The molecular weight excluding hydrogens is 378 g/mol. The van der Waals surface area contributed by atoms with E-state index in [1.807, 2.05) is 0 Å². The monoisotopic (exact) mass is 405 g/mol. The number of benzene rings is 1. The maximum Gasteiger partial charge on any atom is 0.263 e. The van der Waals surface area contributed by atoms with Crippen molar-refractivity contribution in [2.24, 2.45) is 34.1 Å². The highest BCUT2D eigenvalue weighted by Crippen LogP contribution is 2.60. The van der Waals surface area contributed by atoms with Crippen LogP contribution in [0.3, 0.4) is 0 Å². The third-order valence-electron chi connectivity index (χ3n) is 6.96. The smallest absolute Gasteiger partial charge is 0.263 e. The van der Waals surface area contributed by atoms with E-state index in [0.29, 0.717) is 34.4 Å². The first-order valence-electron chi connectivity index (χ1n) is 9.96. The molecule has 0 aromatic heterocycles. The van der Waals surface area contributed by atoms with E-state index >= 15 is 0 Å². The summed E-state index contributed by atoms with van der Waals surface area (Å²) in [5, 5.41) is 16.5. The molecule has 0 saturated heterocycles. The zero-order valence-electron chi connectivity index (χ0n) is 16.3. The molecule has 1 aromatic rings. The van der Waals surface area contributed by atoms with E-state index in [0.717, 1.165) is 32.1 Å². The average molecular weight is 406 g/mol. The van der Waals surface area contributed by atoms with Gasteiger partial charge in [-0.3, -0.25) is 4.79 Å². The van der Waals surface area contributed by atoms with Gasteiger partial charge in [-0.25, -0.2) is 0 Å². The van der Waals surface area contributed by atoms with Crippen molar-refractivity contribution in [1.82, 2.24) is 5.32 Å². The molecular formula is C21H28ClN3O3. The standard InChI is InChI=1S/C21H28ClN3O3/c1-20(2,28-16-5-3-15(22)4-6-16)19(26)24-17-13-7-12-8-14(17)11-21(9-12,10-13)18(23)25-27/h3-6,12-14,17,27H,7-11H2,1-2H3,(H2,23,25)(H,24,26)/t12?,13-,14?,17?,21?/m0/s1. The molecule has 1 amide bonds. The average Bonchev–Trinajstić information content (AvgIpc) is 2.65. The zero-order valence-corrected chi connectivity index (χ0v) is 17.1. The van der Waals surface area contributed by atoms with Crippen molar-refractivity contribution in [2.75, 3.05) is 0 Å². The van der Waals surface area contributed by atoms with Crippen molar-refractivity contribution in [3.05, 3.63) is 29.3 Å². The summed E-state index contributed by atoms with van der Waals surface area (Å²) in [6.45, 7) is 3.57. The Balaban J connectivity index is 1.46. The van der Waals surface area contributed by atoms with Gasteiger partial charge in [0.05, 0.1) is 0 Å². The third-order valence-corrected chi connectivity index (χ3v) is 7.21. The Morgan fingerprint density at radius 2 is 1.86 bits per heavy atom. The first kappa shape index (κ1) is 19.4. The lowest BCUT2D eigenvalue weighted by molar-refractivity contribution is -0.139. The predicted molar refractivity (Wildman–Crippen MR) is 107 cm³/mol. The number of halogens is 1. The summed E-state index contributed by atoms with van der Waals surface area (Å²) >= 11 is 5.92. The van der Waals surface area contributed by atoms with Gasteiger partial charge in [0, 0.05) is 16.5 Å². The van der Waals surface area contributed by atoms with E-state index in [9.17, 15) is 10.0 Å². The molecule has 4 unspecified atom stereocenters. The molecule has 4 aliphatic carbocycles. The van der Waals surface area contributed by atoms with E-state index in [4.69, 9.17) is 22.1 Å². The van der Waals surface area contributed by atoms with E-state index in [1.165, 1.54) is 0 Å². The number of hydrogen-bond donors (Lipinski definition) is 3. The summed E-state index contributed by atoms with van der Waals surface area (Å²) in [6, 6.07) is 7.14. The zero-order chi connectivity index (χ0) is 20.1. The molecule has 0 heterocycles. The molecule has 5 rings (SSSR count). The van der Waals surface area contributed by atoms with E-state index in [1.54, 1.807) is 38.1 Å². The van der Waals surface area contributed by atoms with E-state index in [2.05, 4.69) is 10.5 Å². The van der Waals surface area contributed by atoms with E-state index < -0.39 is 5.60 Å². The van der Waals surface area contributed by atoms with E-state index in [-0.39, 0.29) is 17.4 Å². The lowest BCUT2D eigenvalue weighted by Gasteiger charge is -2.59. The molecule has 7 heteroatoms. The maximum atomic E-state index is 13.0. The second-order valence-corrected chi connectivity index (χ2v) is 9.74. The number of oxime groups is 1. The number of nitrogens with one attached hydrogen (secondary N) is 1. The Bertz CT molecular complexity index is 777. The summed E-state index contributed by atoms with van der Waals surface area (Å²) in [7, 11) is 0. The number of amides is 1. The predicted octanol–water partition coefficient (Wildman–Crippen LogP) is 3.55. The number of nitrogens with zero attached hydrogens (tertiary/aromatic N) is 1. The maximum absolute atomic E-state index is 13.0. The minimum absolute atomic E-state index is 0.113. The van der Waals surface area contributed by atoms with Gasteiger partial charge in [-0.1, -0.05) is 16.8 Å². The number of carbonyl (C=O) groups excluding carboxylic acids is 1. The summed E-state index contributed by atoms with van der Waals surface area (Å²) in [5.41, 5.74) is 4.88. The van der Waals surface area contributed by atoms with Gasteiger partial charge in [-0.05, 0) is 88.0 Å². The van der Waals surface area contributed by atoms with Crippen LogP contribution < -0.4 is 15.8 Å². The number of rotatable bonds is 5. The van der Waals surface area contributed by atoms with Gasteiger partial charge >= 0.3 is 0 Å². The minimum Gasteiger partial charge on any atom is -0.478 e. The quantitative estimate of drug-likeness (QED) is 0.302. The Kier molecular flexibility index (Phi) is 4.73. The van der Waals surface area contributed by atoms with Gasteiger partial charge < -0.3 is 21.0 Å². The molecule has 152 valence electrons. The molecule has 1 aromatic carbocycles. The van der Waals surface area contributed by atoms with Gasteiger partial charge in [0.1, 0.15) is 11.6 Å². The minimum atomic E-state index is -0.994. The van der Waals surface area contributed by atoms with Crippen molar-refractivity contribution in [3.8, 4) is 5.75 Å². The summed E-state index contributed by atoms with van der Waals surface area (Å²) < 4.78 is 5.94. The molecule has 4 saturated carbocycles. The lowest BCUT2D eigenvalue weighted by Crippen LogP contribution is -2.64. The highest BCUT2D eigenvalue weighted by molar-refractivity contribution is 6.30. The molecule has 4 fully saturated rings. The summed E-state index contributed by atoms with van der Waals surface area (Å²) in [6.07, 6.45) is 4.95. The van der Waals surface area contributed by atoms with Gasteiger partial charge in [0.25, 0.3) is 5.91 Å². The van der Waals surface area contributed by atoms with Gasteiger partial charge in [0.2, 0.25) is 0 Å². The van der Waals surface area contributed by atoms with Crippen molar-refractivity contribution in [1.29, 1.82) is 0 Å². The van der Waals surface area contributed by atoms with Gasteiger partial charge in [0.15, 0.2) is 5.60 Å². The van der Waals surface area contributed by atoms with Crippen LogP contribution in [0.2, 0.25) is 5.02 Å². The topological polar surface area (TPSA) is 96.9 Å².